The number of benzene rings is 2. The highest BCUT2D eigenvalue weighted by molar-refractivity contribution is 6.14. The lowest BCUT2D eigenvalue weighted by Gasteiger charge is -2.09. The van der Waals surface area contributed by atoms with Gasteiger partial charge in [-0.3, -0.25) is 9.79 Å². The summed E-state index contributed by atoms with van der Waals surface area (Å²) in [5.74, 6) is 0.805. The SMILES string of the molecule is CCC(=Nc1ccc(CC(N)=O)cc1)c1c(O)[nH]c2cc(OC)c(OC)cc12. The molecule has 0 atom stereocenters. The number of hydrogen-bond acceptors (Lipinski definition) is 5. The van der Waals surface area contributed by atoms with Crippen molar-refractivity contribution in [1.29, 1.82) is 0 Å². The quantitative estimate of drug-likeness (QED) is 0.544. The number of primary amides is 1. The van der Waals surface area contributed by atoms with E-state index in [2.05, 4.69) is 4.98 Å². The molecule has 3 rings (SSSR count). The van der Waals surface area contributed by atoms with Crippen molar-refractivity contribution in [3.63, 3.8) is 0 Å². The van der Waals surface area contributed by atoms with Crippen LogP contribution in [0.15, 0.2) is 41.4 Å². The van der Waals surface area contributed by atoms with Crippen LogP contribution in [-0.4, -0.2) is 35.9 Å². The molecule has 7 nitrogen and oxygen atoms in total. The molecule has 0 spiro atoms. The molecule has 1 aromatic heterocycles. The first kappa shape index (κ1) is 19.3. The zero-order valence-corrected chi connectivity index (χ0v) is 16.1. The number of ether oxygens (including phenoxy) is 2. The fourth-order valence-corrected chi connectivity index (χ4v) is 3.16. The molecule has 0 unspecified atom stereocenters. The predicted molar refractivity (Wildman–Crippen MR) is 109 cm³/mol. The maximum absolute atomic E-state index is 11.0. The molecule has 0 aliphatic carbocycles. The second kappa shape index (κ2) is 8.04. The zero-order valence-electron chi connectivity index (χ0n) is 16.1. The number of amides is 1. The number of hydrogen-bond donors (Lipinski definition) is 3. The second-order valence-electron chi connectivity index (χ2n) is 6.32. The van der Waals surface area contributed by atoms with Crippen molar-refractivity contribution in [1.82, 2.24) is 4.98 Å². The lowest BCUT2D eigenvalue weighted by molar-refractivity contribution is -0.117. The van der Waals surface area contributed by atoms with Gasteiger partial charge in [-0.1, -0.05) is 19.1 Å². The third kappa shape index (κ3) is 3.78. The van der Waals surface area contributed by atoms with Crippen molar-refractivity contribution in [2.75, 3.05) is 14.2 Å². The molecule has 28 heavy (non-hydrogen) atoms. The summed E-state index contributed by atoms with van der Waals surface area (Å²) in [5.41, 5.74) is 8.85. The number of carbonyl (C=O) groups excluding carboxylic acids is 1. The van der Waals surface area contributed by atoms with Gasteiger partial charge in [-0.05, 0) is 30.2 Å². The van der Waals surface area contributed by atoms with Crippen LogP contribution >= 0.6 is 0 Å². The van der Waals surface area contributed by atoms with Crippen molar-refractivity contribution >= 4 is 28.2 Å². The van der Waals surface area contributed by atoms with E-state index in [-0.39, 0.29) is 18.2 Å². The van der Waals surface area contributed by atoms with E-state index < -0.39 is 0 Å². The molecule has 3 aromatic rings. The van der Waals surface area contributed by atoms with E-state index in [0.29, 0.717) is 23.5 Å². The summed E-state index contributed by atoms with van der Waals surface area (Å²) >= 11 is 0. The molecule has 0 saturated carbocycles. The normalized spacial score (nSPS) is 11.6. The number of aromatic hydroxyl groups is 1. The fraction of sp³-hybridized carbons (Fsp3) is 0.238. The number of nitrogens with zero attached hydrogens (tertiary/aromatic N) is 1. The Hall–Kier alpha value is -3.48. The number of aromatic nitrogens is 1. The van der Waals surface area contributed by atoms with Crippen LogP contribution in [0.3, 0.4) is 0 Å². The van der Waals surface area contributed by atoms with E-state index in [9.17, 15) is 9.90 Å². The van der Waals surface area contributed by atoms with Gasteiger partial charge in [0.25, 0.3) is 0 Å². The first-order valence-electron chi connectivity index (χ1n) is 8.88. The number of nitrogens with two attached hydrogens (primary N) is 1. The Kier molecular flexibility index (Phi) is 5.54. The molecule has 0 bridgehead atoms. The topological polar surface area (TPSA) is 110 Å². The largest absolute Gasteiger partial charge is 0.494 e. The smallest absolute Gasteiger partial charge is 0.221 e. The van der Waals surface area contributed by atoms with Crippen LogP contribution in [0.1, 0.15) is 24.5 Å². The zero-order chi connectivity index (χ0) is 20.3. The number of aromatic amines is 1. The van der Waals surface area contributed by atoms with Crippen molar-refractivity contribution in [3.8, 4) is 17.4 Å². The first-order chi connectivity index (χ1) is 13.5. The number of fused-ring (bicyclic) bond motifs is 1. The van der Waals surface area contributed by atoms with Crippen LogP contribution < -0.4 is 15.2 Å². The Balaban J connectivity index is 2.06. The van der Waals surface area contributed by atoms with Gasteiger partial charge < -0.3 is 25.3 Å². The van der Waals surface area contributed by atoms with Gasteiger partial charge in [0.05, 0.1) is 43.1 Å². The summed E-state index contributed by atoms with van der Waals surface area (Å²) in [7, 11) is 3.13. The molecular weight excluding hydrogens is 358 g/mol. The van der Waals surface area contributed by atoms with Gasteiger partial charge in [-0.2, -0.15) is 0 Å². The maximum Gasteiger partial charge on any atom is 0.221 e. The van der Waals surface area contributed by atoms with Crippen molar-refractivity contribution < 1.29 is 19.4 Å². The van der Waals surface area contributed by atoms with Crippen molar-refractivity contribution in [3.05, 3.63) is 47.5 Å². The molecule has 0 aliphatic rings. The molecule has 0 radical (unpaired) electrons. The van der Waals surface area contributed by atoms with Gasteiger partial charge in [0.1, 0.15) is 0 Å². The number of H-pyrrole nitrogens is 1. The molecule has 146 valence electrons. The number of carbonyl (C=O) groups is 1. The van der Waals surface area contributed by atoms with Gasteiger partial charge in [-0.15, -0.1) is 0 Å². The number of nitrogens with one attached hydrogen (secondary N) is 1. The summed E-state index contributed by atoms with van der Waals surface area (Å²) in [6.07, 6.45) is 0.799. The third-order valence-corrected chi connectivity index (χ3v) is 4.49. The minimum absolute atomic E-state index is 0.0382. The fourth-order valence-electron chi connectivity index (χ4n) is 3.16. The molecule has 0 aliphatic heterocycles. The Morgan fingerprint density at radius 2 is 1.79 bits per heavy atom. The molecule has 0 fully saturated rings. The summed E-state index contributed by atoms with van der Waals surface area (Å²) in [6, 6.07) is 10.9. The van der Waals surface area contributed by atoms with E-state index >= 15 is 0 Å². The molecule has 1 amide bonds. The third-order valence-electron chi connectivity index (χ3n) is 4.49. The number of aliphatic imine (C=N–C) groups is 1. The lowest BCUT2D eigenvalue weighted by Crippen LogP contribution is -2.13. The Morgan fingerprint density at radius 3 is 2.36 bits per heavy atom. The van der Waals surface area contributed by atoms with E-state index in [1.54, 1.807) is 20.3 Å². The maximum atomic E-state index is 11.0. The van der Waals surface area contributed by atoms with Crippen LogP contribution in [0.2, 0.25) is 0 Å². The summed E-state index contributed by atoms with van der Waals surface area (Å²) in [4.78, 5) is 18.7. The molecule has 1 heterocycles. The number of rotatable bonds is 7. The monoisotopic (exact) mass is 381 g/mol. The lowest BCUT2D eigenvalue weighted by atomic mass is 10.0. The van der Waals surface area contributed by atoms with Gasteiger partial charge in [0.15, 0.2) is 17.4 Å². The summed E-state index contributed by atoms with van der Waals surface area (Å²) in [6.45, 7) is 1.97. The van der Waals surface area contributed by atoms with Crippen LogP contribution in [0.25, 0.3) is 10.9 Å². The van der Waals surface area contributed by atoms with Crippen LogP contribution in [-0.2, 0) is 11.2 Å². The Bertz CT molecular complexity index is 1040. The number of methoxy groups -OCH3 is 2. The minimum atomic E-state index is -0.376. The summed E-state index contributed by atoms with van der Waals surface area (Å²) in [5, 5.41) is 11.3. The molecule has 2 aromatic carbocycles. The average molecular weight is 381 g/mol. The van der Waals surface area contributed by atoms with E-state index in [1.165, 1.54) is 0 Å². The van der Waals surface area contributed by atoms with E-state index in [0.717, 1.165) is 27.9 Å². The minimum Gasteiger partial charge on any atom is -0.494 e. The van der Waals surface area contributed by atoms with Crippen LogP contribution in [0.4, 0.5) is 5.69 Å². The highest BCUT2D eigenvalue weighted by Gasteiger charge is 2.18. The van der Waals surface area contributed by atoms with Gasteiger partial charge in [0.2, 0.25) is 5.91 Å². The average Bonchev–Trinajstić information content (AvgIpc) is 3.00. The molecule has 0 saturated heterocycles. The summed E-state index contributed by atoms with van der Waals surface area (Å²) < 4.78 is 10.7. The van der Waals surface area contributed by atoms with E-state index in [1.807, 2.05) is 37.3 Å². The predicted octanol–water partition coefficient (Wildman–Crippen LogP) is 3.45. The first-order valence-corrected chi connectivity index (χ1v) is 8.88. The molecule has 4 N–H and O–H groups in total. The van der Waals surface area contributed by atoms with Crippen LogP contribution in [0, 0.1) is 0 Å². The highest BCUT2D eigenvalue weighted by atomic mass is 16.5. The van der Waals surface area contributed by atoms with Crippen molar-refractivity contribution in [2.24, 2.45) is 10.7 Å². The van der Waals surface area contributed by atoms with Gasteiger partial charge >= 0.3 is 0 Å². The Morgan fingerprint density at radius 1 is 1.14 bits per heavy atom. The standard InChI is InChI=1S/C21H23N3O4/c1-4-15(23-13-7-5-12(6-8-13)9-19(22)25)20-14-10-17(27-2)18(28-3)11-16(14)24-21(20)26/h5-8,10-11,24,26H,4,9H2,1-3H3,(H2,22,25). The van der Waals surface area contributed by atoms with Gasteiger partial charge in [-0.25, -0.2) is 0 Å². The molecule has 7 heteroatoms. The molecular formula is C21H23N3O4. The van der Waals surface area contributed by atoms with Crippen LogP contribution in [0.5, 0.6) is 17.4 Å². The van der Waals surface area contributed by atoms with Gasteiger partial charge in [0, 0.05) is 11.5 Å². The van der Waals surface area contributed by atoms with Crippen molar-refractivity contribution in [2.45, 2.75) is 19.8 Å². The van der Waals surface area contributed by atoms with E-state index in [4.69, 9.17) is 20.2 Å². The Labute approximate surface area is 162 Å². The highest BCUT2D eigenvalue weighted by Crippen LogP contribution is 2.37. The second-order valence-corrected chi connectivity index (χ2v) is 6.32.